The van der Waals surface area contributed by atoms with Gasteiger partial charge in [0, 0.05) is 18.7 Å². The van der Waals surface area contributed by atoms with Gasteiger partial charge in [-0.05, 0) is 69.0 Å². The van der Waals surface area contributed by atoms with Gasteiger partial charge in [0.15, 0.2) is 0 Å². The van der Waals surface area contributed by atoms with Crippen molar-refractivity contribution < 1.29 is 17.6 Å². The van der Waals surface area contributed by atoms with Gasteiger partial charge in [0.1, 0.15) is 5.75 Å². The number of aryl methyl sites for hydroxylation is 2. The normalized spacial score (nSPS) is 17.6. The second-order valence-corrected chi connectivity index (χ2v) is 9.76. The molecule has 1 aliphatic heterocycles. The molecule has 1 aromatic heterocycles. The standard InChI is InChI=1S/C23H27N3O4S/c1-4-29-21-12-11-19(14-17(21)3)31(27,28)26-13-7-9-18(15-26)22-24-25-23(30-22)20-10-6-5-8-16(20)2/h5-6,8,10-12,14,18H,4,7,9,13,15H2,1-3H3/t18-/m1/s1. The number of ether oxygens (including phenoxy) is 1. The summed E-state index contributed by atoms with van der Waals surface area (Å²) < 4.78 is 39.6. The molecule has 3 aromatic rings. The van der Waals surface area contributed by atoms with Crippen molar-refractivity contribution in [2.24, 2.45) is 0 Å². The third kappa shape index (κ3) is 4.36. The highest BCUT2D eigenvalue weighted by atomic mass is 32.2. The van der Waals surface area contributed by atoms with E-state index in [1.165, 1.54) is 4.31 Å². The Balaban J connectivity index is 1.55. The van der Waals surface area contributed by atoms with Crippen molar-refractivity contribution >= 4 is 10.0 Å². The predicted molar refractivity (Wildman–Crippen MR) is 118 cm³/mol. The van der Waals surface area contributed by atoms with Crippen LogP contribution >= 0.6 is 0 Å². The van der Waals surface area contributed by atoms with Gasteiger partial charge in [0.05, 0.1) is 17.4 Å². The van der Waals surface area contributed by atoms with E-state index in [9.17, 15) is 8.42 Å². The Hall–Kier alpha value is -2.71. The van der Waals surface area contributed by atoms with Crippen molar-refractivity contribution in [3.63, 3.8) is 0 Å². The maximum atomic E-state index is 13.3. The Morgan fingerprint density at radius 2 is 1.94 bits per heavy atom. The largest absolute Gasteiger partial charge is 0.494 e. The van der Waals surface area contributed by atoms with Gasteiger partial charge in [0.25, 0.3) is 0 Å². The van der Waals surface area contributed by atoms with Crippen molar-refractivity contribution in [3.8, 4) is 17.2 Å². The maximum absolute atomic E-state index is 13.3. The van der Waals surface area contributed by atoms with Crippen LogP contribution < -0.4 is 4.74 Å². The molecule has 0 radical (unpaired) electrons. The van der Waals surface area contributed by atoms with E-state index in [4.69, 9.17) is 9.15 Å². The van der Waals surface area contributed by atoms with Crippen LogP contribution in [0.5, 0.6) is 5.75 Å². The van der Waals surface area contributed by atoms with E-state index >= 15 is 0 Å². The summed E-state index contributed by atoms with van der Waals surface area (Å²) in [6.07, 6.45) is 1.55. The summed E-state index contributed by atoms with van der Waals surface area (Å²) in [4.78, 5) is 0.278. The molecule has 0 aliphatic carbocycles. The van der Waals surface area contributed by atoms with Crippen LogP contribution in [0, 0.1) is 13.8 Å². The summed E-state index contributed by atoms with van der Waals surface area (Å²) in [5, 5.41) is 8.45. The van der Waals surface area contributed by atoms with Crippen molar-refractivity contribution in [1.82, 2.24) is 14.5 Å². The molecule has 0 bridgehead atoms. The zero-order valence-corrected chi connectivity index (χ0v) is 18.9. The molecule has 0 saturated carbocycles. The van der Waals surface area contributed by atoms with Crippen LogP contribution in [0.15, 0.2) is 51.8 Å². The lowest BCUT2D eigenvalue weighted by Crippen LogP contribution is -2.39. The minimum Gasteiger partial charge on any atom is -0.494 e. The first-order valence-electron chi connectivity index (χ1n) is 10.5. The Bertz CT molecular complexity index is 1170. The van der Waals surface area contributed by atoms with Crippen molar-refractivity contribution in [3.05, 3.63) is 59.5 Å². The monoisotopic (exact) mass is 441 g/mol. The molecular formula is C23H27N3O4S. The minimum atomic E-state index is -3.62. The summed E-state index contributed by atoms with van der Waals surface area (Å²) in [5.74, 6) is 1.53. The second kappa shape index (κ2) is 8.80. The topological polar surface area (TPSA) is 85.5 Å². The molecule has 0 unspecified atom stereocenters. The number of hydrogen-bond donors (Lipinski definition) is 0. The zero-order chi connectivity index (χ0) is 22.0. The molecule has 0 spiro atoms. The summed E-state index contributed by atoms with van der Waals surface area (Å²) in [6.45, 7) is 7.09. The number of piperidine rings is 1. The van der Waals surface area contributed by atoms with Crippen LogP contribution in [0.25, 0.3) is 11.5 Å². The molecule has 2 heterocycles. The van der Waals surface area contributed by atoms with E-state index in [0.29, 0.717) is 37.2 Å². The fourth-order valence-electron chi connectivity index (χ4n) is 3.93. The number of benzene rings is 2. The molecule has 0 amide bonds. The summed E-state index contributed by atoms with van der Waals surface area (Å²) >= 11 is 0. The highest BCUT2D eigenvalue weighted by Gasteiger charge is 2.33. The van der Waals surface area contributed by atoms with E-state index in [1.807, 2.05) is 45.0 Å². The summed E-state index contributed by atoms with van der Waals surface area (Å²) in [5.41, 5.74) is 2.75. The molecule has 1 atom stereocenters. The molecule has 8 heteroatoms. The average molecular weight is 442 g/mol. The Morgan fingerprint density at radius 3 is 2.68 bits per heavy atom. The molecule has 164 valence electrons. The van der Waals surface area contributed by atoms with Gasteiger partial charge in [-0.3, -0.25) is 0 Å². The van der Waals surface area contributed by atoms with Crippen molar-refractivity contribution in [2.75, 3.05) is 19.7 Å². The van der Waals surface area contributed by atoms with Gasteiger partial charge in [0.2, 0.25) is 21.8 Å². The number of nitrogens with zero attached hydrogens (tertiary/aromatic N) is 3. The zero-order valence-electron chi connectivity index (χ0n) is 18.0. The van der Waals surface area contributed by atoms with Gasteiger partial charge in [-0.25, -0.2) is 8.42 Å². The second-order valence-electron chi connectivity index (χ2n) is 7.82. The van der Waals surface area contributed by atoms with Gasteiger partial charge < -0.3 is 9.15 Å². The first-order valence-corrected chi connectivity index (χ1v) is 12.0. The van der Waals surface area contributed by atoms with E-state index in [-0.39, 0.29) is 10.8 Å². The molecule has 7 nitrogen and oxygen atoms in total. The third-order valence-electron chi connectivity index (χ3n) is 5.63. The van der Waals surface area contributed by atoms with Crippen LogP contribution in [0.4, 0.5) is 0 Å². The number of rotatable bonds is 6. The van der Waals surface area contributed by atoms with Crippen LogP contribution in [0.3, 0.4) is 0 Å². The van der Waals surface area contributed by atoms with E-state index < -0.39 is 10.0 Å². The summed E-state index contributed by atoms with van der Waals surface area (Å²) in [6, 6.07) is 12.8. The molecule has 31 heavy (non-hydrogen) atoms. The Kier molecular flexibility index (Phi) is 6.11. The van der Waals surface area contributed by atoms with Crippen molar-refractivity contribution in [2.45, 2.75) is 44.4 Å². The van der Waals surface area contributed by atoms with E-state index in [2.05, 4.69) is 10.2 Å². The molecule has 4 rings (SSSR count). The lowest BCUT2D eigenvalue weighted by molar-refractivity contribution is 0.286. The summed E-state index contributed by atoms with van der Waals surface area (Å²) in [7, 11) is -3.62. The minimum absolute atomic E-state index is 0.127. The average Bonchev–Trinajstić information content (AvgIpc) is 3.26. The molecule has 1 saturated heterocycles. The van der Waals surface area contributed by atoms with Crippen LogP contribution in [-0.4, -0.2) is 42.6 Å². The number of sulfonamides is 1. The predicted octanol–water partition coefficient (Wildman–Crippen LogP) is 4.32. The Labute approximate surface area is 183 Å². The van der Waals surface area contributed by atoms with Crippen LogP contribution in [-0.2, 0) is 10.0 Å². The smallest absolute Gasteiger partial charge is 0.248 e. The van der Waals surface area contributed by atoms with Gasteiger partial charge in [-0.15, -0.1) is 10.2 Å². The SMILES string of the molecule is CCOc1ccc(S(=O)(=O)N2CCC[C@@H](c3nnc(-c4ccccc4C)o3)C2)cc1C. The van der Waals surface area contributed by atoms with Gasteiger partial charge in [-0.2, -0.15) is 4.31 Å². The Morgan fingerprint density at radius 1 is 1.13 bits per heavy atom. The fourth-order valence-corrected chi connectivity index (χ4v) is 5.54. The number of aromatic nitrogens is 2. The fraction of sp³-hybridized carbons (Fsp3) is 0.391. The molecule has 1 fully saturated rings. The highest BCUT2D eigenvalue weighted by molar-refractivity contribution is 7.89. The molecule has 2 aromatic carbocycles. The van der Waals surface area contributed by atoms with E-state index in [1.54, 1.807) is 18.2 Å². The van der Waals surface area contributed by atoms with Gasteiger partial charge in [-0.1, -0.05) is 18.2 Å². The van der Waals surface area contributed by atoms with Gasteiger partial charge >= 0.3 is 0 Å². The van der Waals surface area contributed by atoms with E-state index in [0.717, 1.165) is 29.5 Å². The highest BCUT2D eigenvalue weighted by Crippen LogP contribution is 2.32. The first kappa shape index (κ1) is 21.5. The third-order valence-corrected chi connectivity index (χ3v) is 7.49. The lowest BCUT2D eigenvalue weighted by Gasteiger charge is -2.30. The maximum Gasteiger partial charge on any atom is 0.248 e. The van der Waals surface area contributed by atoms with Crippen LogP contribution in [0.1, 0.15) is 42.7 Å². The molecular weight excluding hydrogens is 414 g/mol. The van der Waals surface area contributed by atoms with Crippen molar-refractivity contribution in [1.29, 1.82) is 0 Å². The quantitative estimate of drug-likeness (QED) is 0.566. The first-order chi connectivity index (χ1) is 14.9. The van der Waals surface area contributed by atoms with Crippen LogP contribution in [0.2, 0.25) is 0 Å². The molecule has 1 aliphatic rings. The lowest BCUT2D eigenvalue weighted by atomic mass is 10.00. The molecule has 0 N–H and O–H groups in total. The number of hydrogen-bond acceptors (Lipinski definition) is 6.